The number of hydrogen-bond acceptors (Lipinski definition) is 7. The number of rotatable bonds is 2. The van der Waals surface area contributed by atoms with Gasteiger partial charge in [-0.05, 0) is 32.4 Å². The van der Waals surface area contributed by atoms with Crippen LogP contribution in [0.3, 0.4) is 0 Å². The molecule has 0 N–H and O–H groups in total. The van der Waals surface area contributed by atoms with Gasteiger partial charge in [0.15, 0.2) is 5.65 Å². The molecule has 29 heavy (non-hydrogen) atoms. The number of halogens is 3. The number of carbonyl (C=O) groups excluding carboxylic acids is 1. The van der Waals surface area contributed by atoms with E-state index in [2.05, 4.69) is 20.5 Å². The Morgan fingerprint density at radius 1 is 1.10 bits per heavy atom. The third-order valence-corrected chi connectivity index (χ3v) is 4.86. The average molecular weight is 409 g/mol. The molecule has 1 aliphatic rings. The molecule has 0 bridgehead atoms. The fourth-order valence-corrected chi connectivity index (χ4v) is 3.42. The average Bonchev–Trinajstić information content (AvgIpc) is 3.14. The number of nitrogens with zero attached hydrogens (tertiary/aromatic N) is 7. The van der Waals surface area contributed by atoms with Crippen molar-refractivity contribution in [1.29, 1.82) is 0 Å². The van der Waals surface area contributed by atoms with Crippen LogP contribution >= 0.6 is 0 Å². The Kier molecular flexibility index (Phi) is 4.63. The Labute approximate surface area is 163 Å². The van der Waals surface area contributed by atoms with Crippen molar-refractivity contribution in [2.24, 2.45) is 0 Å². The predicted octanol–water partition coefficient (Wildman–Crippen LogP) is 2.10. The van der Waals surface area contributed by atoms with Crippen LogP contribution in [-0.4, -0.2) is 62.0 Å². The predicted molar refractivity (Wildman–Crippen MR) is 94.5 cm³/mol. The minimum absolute atomic E-state index is 0.0195. The monoisotopic (exact) mass is 409 g/mol. The van der Waals surface area contributed by atoms with E-state index in [1.165, 1.54) is 6.07 Å². The zero-order valence-corrected chi connectivity index (χ0v) is 15.8. The van der Waals surface area contributed by atoms with Gasteiger partial charge >= 0.3 is 6.18 Å². The summed E-state index contributed by atoms with van der Waals surface area (Å²) < 4.78 is 45.1. The molecule has 9 nitrogen and oxygen atoms in total. The zero-order valence-electron chi connectivity index (χ0n) is 15.8. The number of aromatic nitrogens is 5. The summed E-state index contributed by atoms with van der Waals surface area (Å²) in [4.78, 5) is 16.4. The summed E-state index contributed by atoms with van der Waals surface area (Å²) in [5, 5.41) is 14.6. The fourth-order valence-electron chi connectivity index (χ4n) is 3.42. The van der Waals surface area contributed by atoms with Crippen molar-refractivity contribution in [3.05, 3.63) is 35.0 Å². The van der Waals surface area contributed by atoms with Crippen molar-refractivity contribution in [2.45, 2.75) is 26.4 Å². The first kappa shape index (κ1) is 19.2. The van der Waals surface area contributed by atoms with Gasteiger partial charge in [-0.15, -0.1) is 15.3 Å². The van der Waals surface area contributed by atoms with Crippen LogP contribution in [-0.2, 0) is 6.18 Å². The van der Waals surface area contributed by atoms with Gasteiger partial charge in [0.2, 0.25) is 0 Å². The normalized spacial score (nSPS) is 15.8. The molecule has 1 amide bonds. The second-order valence-electron chi connectivity index (χ2n) is 6.81. The summed E-state index contributed by atoms with van der Waals surface area (Å²) >= 11 is 0. The lowest BCUT2D eigenvalue weighted by Gasteiger charge is -2.22. The SMILES string of the molecule is Cc1noc(C)c1C(=O)N1CCCN(c2ccc3nnc(C(F)(F)F)n3n2)CC1. The van der Waals surface area contributed by atoms with Crippen LogP contribution in [0.25, 0.3) is 5.65 Å². The quantitative estimate of drug-likeness (QED) is 0.640. The first-order valence-electron chi connectivity index (χ1n) is 9.02. The molecular formula is C17H18F3N7O2. The summed E-state index contributed by atoms with van der Waals surface area (Å²) in [5.74, 6) is -0.494. The van der Waals surface area contributed by atoms with E-state index in [4.69, 9.17) is 4.52 Å². The van der Waals surface area contributed by atoms with E-state index in [0.717, 1.165) is 0 Å². The first-order chi connectivity index (χ1) is 13.8. The largest absolute Gasteiger partial charge is 0.453 e. The maximum Gasteiger partial charge on any atom is 0.453 e. The Bertz CT molecular complexity index is 1040. The van der Waals surface area contributed by atoms with E-state index in [0.29, 0.717) is 60.0 Å². The van der Waals surface area contributed by atoms with Crippen LogP contribution in [0.2, 0.25) is 0 Å². The molecule has 12 heteroatoms. The number of alkyl halides is 3. The van der Waals surface area contributed by atoms with Gasteiger partial charge in [-0.2, -0.15) is 17.7 Å². The van der Waals surface area contributed by atoms with Crippen molar-refractivity contribution >= 4 is 17.4 Å². The molecule has 0 spiro atoms. The van der Waals surface area contributed by atoms with Gasteiger partial charge in [0.1, 0.15) is 17.1 Å². The summed E-state index contributed by atoms with van der Waals surface area (Å²) in [5.41, 5.74) is 1.01. The molecule has 1 saturated heterocycles. The molecule has 1 fully saturated rings. The molecular weight excluding hydrogens is 391 g/mol. The zero-order chi connectivity index (χ0) is 20.8. The smallest absolute Gasteiger partial charge is 0.361 e. The van der Waals surface area contributed by atoms with E-state index in [1.54, 1.807) is 24.8 Å². The number of amides is 1. The van der Waals surface area contributed by atoms with Crippen LogP contribution in [0.4, 0.5) is 19.0 Å². The molecule has 1 aliphatic heterocycles. The van der Waals surface area contributed by atoms with Gasteiger partial charge < -0.3 is 14.3 Å². The highest BCUT2D eigenvalue weighted by atomic mass is 19.4. The van der Waals surface area contributed by atoms with Gasteiger partial charge in [0.05, 0.1) is 5.69 Å². The minimum Gasteiger partial charge on any atom is -0.361 e. The lowest BCUT2D eigenvalue weighted by Crippen LogP contribution is -2.36. The van der Waals surface area contributed by atoms with Crippen molar-refractivity contribution in [1.82, 2.24) is 29.9 Å². The van der Waals surface area contributed by atoms with Gasteiger partial charge in [-0.25, -0.2) is 0 Å². The van der Waals surface area contributed by atoms with Crippen molar-refractivity contribution in [3.63, 3.8) is 0 Å². The molecule has 4 rings (SSSR count). The van der Waals surface area contributed by atoms with Crippen LogP contribution in [0, 0.1) is 13.8 Å². The summed E-state index contributed by atoms with van der Waals surface area (Å²) in [6.07, 6.45) is -4.01. The van der Waals surface area contributed by atoms with Crippen LogP contribution in [0.5, 0.6) is 0 Å². The maximum atomic E-state index is 13.1. The van der Waals surface area contributed by atoms with Gasteiger partial charge in [-0.1, -0.05) is 5.16 Å². The van der Waals surface area contributed by atoms with Crippen LogP contribution < -0.4 is 4.90 Å². The van der Waals surface area contributed by atoms with E-state index < -0.39 is 12.0 Å². The van der Waals surface area contributed by atoms with E-state index >= 15 is 0 Å². The lowest BCUT2D eigenvalue weighted by molar-refractivity contribution is -0.146. The van der Waals surface area contributed by atoms with Crippen molar-refractivity contribution in [3.8, 4) is 0 Å². The minimum atomic E-state index is -4.65. The number of anilines is 1. The maximum absolute atomic E-state index is 13.1. The van der Waals surface area contributed by atoms with Gasteiger partial charge in [0.25, 0.3) is 11.7 Å². The van der Waals surface area contributed by atoms with Gasteiger partial charge in [-0.3, -0.25) is 4.79 Å². The fraction of sp³-hybridized carbons (Fsp3) is 0.471. The van der Waals surface area contributed by atoms with Crippen molar-refractivity contribution in [2.75, 3.05) is 31.1 Å². The van der Waals surface area contributed by atoms with E-state index in [1.807, 2.05) is 4.90 Å². The molecule has 3 aromatic rings. The Balaban J connectivity index is 1.55. The van der Waals surface area contributed by atoms with E-state index in [-0.39, 0.29) is 11.6 Å². The lowest BCUT2D eigenvalue weighted by atomic mass is 10.1. The summed E-state index contributed by atoms with van der Waals surface area (Å²) in [7, 11) is 0. The molecule has 4 heterocycles. The Morgan fingerprint density at radius 2 is 1.90 bits per heavy atom. The highest BCUT2D eigenvalue weighted by molar-refractivity contribution is 5.96. The second kappa shape index (κ2) is 7.01. The molecule has 0 saturated carbocycles. The van der Waals surface area contributed by atoms with Gasteiger partial charge in [0, 0.05) is 26.2 Å². The summed E-state index contributed by atoms with van der Waals surface area (Å²) in [6, 6.07) is 3.05. The Morgan fingerprint density at radius 3 is 2.59 bits per heavy atom. The highest BCUT2D eigenvalue weighted by Crippen LogP contribution is 2.28. The molecule has 0 aliphatic carbocycles. The van der Waals surface area contributed by atoms with E-state index in [9.17, 15) is 18.0 Å². The van der Waals surface area contributed by atoms with Crippen molar-refractivity contribution < 1.29 is 22.5 Å². The number of carbonyl (C=O) groups is 1. The number of aryl methyl sites for hydroxylation is 2. The third-order valence-electron chi connectivity index (χ3n) is 4.86. The molecule has 0 unspecified atom stereocenters. The molecule has 154 valence electrons. The molecule has 3 aromatic heterocycles. The topological polar surface area (TPSA) is 92.7 Å². The molecule has 0 aromatic carbocycles. The third kappa shape index (κ3) is 3.49. The highest BCUT2D eigenvalue weighted by Gasteiger charge is 2.38. The molecule has 0 radical (unpaired) electrons. The standard InChI is InChI=1S/C17H18F3N7O2/c1-10-14(11(2)29-24-10)15(28)26-7-3-6-25(8-9-26)13-5-4-12-21-22-16(17(18,19)20)27(12)23-13/h4-5H,3,6-9H2,1-2H3. The summed E-state index contributed by atoms with van der Waals surface area (Å²) in [6.45, 7) is 5.29. The Hall–Kier alpha value is -3.18. The first-order valence-corrected chi connectivity index (χ1v) is 9.02. The molecule has 0 atom stereocenters. The van der Waals surface area contributed by atoms with Crippen LogP contribution in [0.15, 0.2) is 16.7 Å². The number of hydrogen-bond donors (Lipinski definition) is 0. The second-order valence-corrected chi connectivity index (χ2v) is 6.81. The number of fused-ring (bicyclic) bond motifs is 1. The van der Waals surface area contributed by atoms with Crippen LogP contribution in [0.1, 0.15) is 34.1 Å².